The molecule has 0 aromatic heterocycles. The minimum Gasteiger partial charge on any atom is -0.489 e. The summed E-state index contributed by atoms with van der Waals surface area (Å²) in [6, 6.07) is 15.1. The van der Waals surface area contributed by atoms with Crippen LogP contribution in [-0.2, 0) is 11.2 Å². The van der Waals surface area contributed by atoms with E-state index in [4.69, 9.17) is 22.1 Å². The van der Waals surface area contributed by atoms with Crippen LogP contribution in [0, 0.1) is 11.6 Å². The minimum absolute atomic E-state index is 0.124. The third kappa shape index (κ3) is 7.85. The monoisotopic (exact) mass is 540 g/mol. The molecule has 3 aromatic carbocycles. The third-order valence-electron chi connectivity index (χ3n) is 6.57. The first-order valence-electron chi connectivity index (χ1n) is 12.9. The molecule has 5 rings (SSSR count). The largest absolute Gasteiger partial charge is 0.489 e. The van der Waals surface area contributed by atoms with E-state index >= 15 is 0 Å². The van der Waals surface area contributed by atoms with Crippen LogP contribution in [0.2, 0.25) is 5.02 Å². The lowest BCUT2D eigenvalue weighted by molar-refractivity contribution is -0.114. The maximum Gasteiger partial charge on any atom is 0.289 e. The fourth-order valence-electron chi connectivity index (χ4n) is 4.34. The predicted octanol–water partition coefficient (Wildman–Crippen LogP) is 6.21. The summed E-state index contributed by atoms with van der Waals surface area (Å²) < 4.78 is 32.1. The smallest absolute Gasteiger partial charge is 0.289 e. The van der Waals surface area contributed by atoms with Gasteiger partial charge in [-0.3, -0.25) is 9.59 Å². The van der Waals surface area contributed by atoms with Crippen molar-refractivity contribution < 1.29 is 23.1 Å². The Morgan fingerprint density at radius 3 is 2.29 bits per heavy atom. The molecule has 200 valence electrons. The Labute approximate surface area is 226 Å². The van der Waals surface area contributed by atoms with Crippen LogP contribution in [0.25, 0.3) is 11.1 Å². The summed E-state index contributed by atoms with van der Waals surface area (Å²) in [5.41, 5.74) is 7.00. The second kappa shape index (κ2) is 13.0. The lowest BCUT2D eigenvalue weighted by Crippen LogP contribution is -2.22. The van der Waals surface area contributed by atoms with Crippen molar-refractivity contribution in [3.63, 3.8) is 0 Å². The van der Waals surface area contributed by atoms with Gasteiger partial charge in [0.05, 0.1) is 11.1 Å². The number of nitrogens with zero attached hydrogens (tertiary/aromatic N) is 1. The molecule has 2 N–H and O–H groups in total. The molecule has 38 heavy (non-hydrogen) atoms. The third-order valence-corrected chi connectivity index (χ3v) is 6.86. The molecule has 0 bridgehead atoms. The zero-order valence-electron chi connectivity index (χ0n) is 21.1. The number of nitrogens with two attached hydrogens (primary N) is 1. The second-order valence-electron chi connectivity index (χ2n) is 9.63. The Balaban J connectivity index is 0.000000177. The van der Waals surface area contributed by atoms with E-state index in [1.165, 1.54) is 87.6 Å². The fraction of sp³-hybridized carbons (Fsp3) is 0.333. The predicted molar refractivity (Wildman–Crippen MR) is 144 cm³/mol. The van der Waals surface area contributed by atoms with Gasteiger partial charge in [0.15, 0.2) is 0 Å². The van der Waals surface area contributed by atoms with Crippen molar-refractivity contribution >= 4 is 23.3 Å². The molecule has 2 fully saturated rings. The van der Waals surface area contributed by atoms with Crippen molar-refractivity contribution in [3.05, 3.63) is 88.4 Å². The van der Waals surface area contributed by atoms with Gasteiger partial charge in [0.25, 0.3) is 5.91 Å². The van der Waals surface area contributed by atoms with Gasteiger partial charge in [0, 0.05) is 17.2 Å². The van der Waals surface area contributed by atoms with Crippen LogP contribution in [0.3, 0.4) is 0 Å². The van der Waals surface area contributed by atoms with Crippen LogP contribution in [-0.4, -0.2) is 42.3 Å². The molecule has 0 spiro atoms. The van der Waals surface area contributed by atoms with Gasteiger partial charge in [-0.15, -0.1) is 0 Å². The van der Waals surface area contributed by atoms with Gasteiger partial charge in [-0.1, -0.05) is 41.9 Å². The number of benzene rings is 3. The lowest BCUT2D eigenvalue weighted by Gasteiger charge is -2.14. The molecule has 0 atom stereocenters. The highest BCUT2D eigenvalue weighted by atomic mass is 35.5. The van der Waals surface area contributed by atoms with Gasteiger partial charge in [0.2, 0.25) is 5.78 Å². The molecule has 1 saturated carbocycles. The highest BCUT2D eigenvalue weighted by Gasteiger charge is 2.24. The number of ether oxygens (including phenoxy) is 1. The maximum atomic E-state index is 13.5. The van der Waals surface area contributed by atoms with Gasteiger partial charge in [-0.2, -0.15) is 0 Å². The Hall–Kier alpha value is -3.29. The van der Waals surface area contributed by atoms with E-state index < -0.39 is 23.3 Å². The fourth-order valence-corrected chi connectivity index (χ4v) is 4.59. The van der Waals surface area contributed by atoms with E-state index in [1.54, 1.807) is 0 Å². The average Bonchev–Trinajstić information content (AvgIpc) is 3.57. The second-order valence-corrected chi connectivity index (χ2v) is 10.0. The Morgan fingerprint density at radius 2 is 1.68 bits per heavy atom. The number of carbonyl (C=O) groups excluding carboxylic acids is 2. The van der Waals surface area contributed by atoms with Gasteiger partial charge in [0.1, 0.15) is 17.4 Å². The molecule has 8 heteroatoms. The number of likely N-dealkylation sites (tertiary alicyclic amines) is 1. The van der Waals surface area contributed by atoms with Crippen molar-refractivity contribution in [1.29, 1.82) is 0 Å². The summed E-state index contributed by atoms with van der Waals surface area (Å²) in [7, 11) is 0. The molecule has 1 aliphatic heterocycles. The number of Topliss-reactive ketones (excluding diaryl/α,β-unsaturated/α-hetero) is 1. The number of carbonyl (C=O) groups is 2. The molecule has 1 heterocycles. The van der Waals surface area contributed by atoms with E-state index in [1.807, 2.05) is 6.07 Å². The summed E-state index contributed by atoms with van der Waals surface area (Å²) >= 11 is 6.27. The van der Waals surface area contributed by atoms with E-state index in [9.17, 15) is 18.4 Å². The van der Waals surface area contributed by atoms with Crippen molar-refractivity contribution in [3.8, 4) is 16.9 Å². The molecule has 0 unspecified atom stereocenters. The first-order valence-corrected chi connectivity index (χ1v) is 13.2. The van der Waals surface area contributed by atoms with E-state index in [2.05, 4.69) is 17.0 Å². The molecule has 5 nitrogen and oxygen atoms in total. The van der Waals surface area contributed by atoms with E-state index in [-0.39, 0.29) is 11.1 Å². The number of ketones is 1. The molecule has 3 aromatic rings. The standard InChI is InChI=1S/C16H22ClNO.C14H9F2NO2/c17-15-12-13(4-3-11-18-9-1-2-10-18)5-8-16(15)19-14-6-7-14;15-10-5-6-11(12(16)7-10)8-1-3-9(4-2-8)13(18)14(17)19/h5,8,12,14H,1-4,6-7,9-11H2;1-7H,(H2,17,19). The number of primary amides is 1. The molecule has 1 amide bonds. The van der Waals surface area contributed by atoms with Crippen molar-refractivity contribution in [2.75, 3.05) is 19.6 Å². The summed E-state index contributed by atoms with van der Waals surface area (Å²) in [6.07, 6.45) is 7.84. The van der Waals surface area contributed by atoms with Crippen molar-refractivity contribution in [2.24, 2.45) is 5.73 Å². The van der Waals surface area contributed by atoms with Crippen molar-refractivity contribution in [1.82, 2.24) is 4.90 Å². The van der Waals surface area contributed by atoms with Gasteiger partial charge in [-0.05, 0) is 93.6 Å². The SMILES string of the molecule is Clc1cc(CCCN2CCCC2)ccc1OC1CC1.NC(=O)C(=O)c1ccc(-c2ccc(F)cc2F)cc1. The number of aryl methyl sites for hydroxylation is 1. The number of halogens is 3. The number of hydrogen-bond donors (Lipinski definition) is 1. The van der Waals surface area contributed by atoms with E-state index in [0.29, 0.717) is 11.7 Å². The van der Waals surface area contributed by atoms with Crippen LogP contribution in [0.15, 0.2) is 60.7 Å². The van der Waals surface area contributed by atoms with Crippen LogP contribution in [0.4, 0.5) is 8.78 Å². The summed E-state index contributed by atoms with van der Waals surface area (Å²) in [5, 5.41) is 0.769. The summed E-state index contributed by atoms with van der Waals surface area (Å²) in [6.45, 7) is 3.79. The summed E-state index contributed by atoms with van der Waals surface area (Å²) in [5.74, 6) is -2.38. The quantitative estimate of drug-likeness (QED) is 0.259. The van der Waals surface area contributed by atoms with E-state index in [0.717, 1.165) is 29.3 Å². The summed E-state index contributed by atoms with van der Waals surface area (Å²) in [4.78, 5) is 24.6. The number of hydrogen-bond acceptors (Lipinski definition) is 4. The minimum atomic E-state index is -1.05. The molecule has 1 aliphatic carbocycles. The highest BCUT2D eigenvalue weighted by Crippen LogP contribution is 2.32. The normalized spacial score (nSPS) is 15.0. The Morgan fingerprint density at radius 1 is 0.974 bits per heavy atom. The topological polar surface area (TPSA) is 72.6 Å². The van der Waals surface area contributed by atoms with Crippen LogP contribution in [0.1, 0.15) is 48.0 Å². The first-order chi connectivity index (χ1) is 18.3. The maximum absolute atomic E-state index is 13.5. The Kier molecular flexibility index (Phi) is 9.48. The first kappa shape index (κ1) is 27.7. The van der Waals surface area contributed by atoms with Crippen LogP contribution >= 0.6 is 11.6 Å². The molecule has 2 aliphatic rings. The van der Waals surface area contributed by atoms with Gasteiger partial charge < -0.3 is 15.4 Å². The van der Waals surface area contributed by atoms with Gasteiger partial charge in [-0.25, -0.2) is 8.78 Å². The lowest BCUT2D eigenvalue weighted by atomic mass is 10.0. The van der Waals surface area contributed by atoms with Crippen LogP contribution < -0.4 is 10.5 Å². The molecule has 0 radical (unpaired) electrons. The molecular weight excluding hydrogens is 510 g/mol. The molecular formula is C30H31ClF2N2O3. The number of amides is 1. The zero-order valence-corrected chi connectivity index (χ0v) is 21.9. The average molecular weight is 541 g/mol. The van der Waals surface area contributed by atoms with Gasteiger partial charge >= 0.3 is 0 Å². The Bertz CT molecular complexity index is 1270. The number of rotatable bonds is 9. The van der Waals surface area contributed by atoms with Crippen LogP contribution in [0.5, 0.6) is 5.75 Å². The molecule has 1 saturated heterocycles. The zero-order chi connectivity index (χ0) is 27.1. The highest BCUT2D eigenvalue weighted by molar-refractivity contribution is 6.42. The van der Waals surface area contributed by atoms with Crippen molar-refractivity contribution in [2.45, 2.75) is 44.6 Å².